The van der Waals surface area contributed by atoms with E-state index in [-0.39, 0.29) is 5.82 Å². The molecule has 1 aromatic carbocycles. The van der Waals surface area contributed by atoms with Crippen LogP contribution in [0.1, 0.15) is 25.8 Å². The quantitative estimate of drug-likeness (QED) is 0.868. The number of benzene rings is 1. The van der Waals surface area contributed by atoms with E-state index in [2.05, 4.69) is 19.2 Å². The van der Waals surface area contributed by atoms with Crippen LogP contribution in [-0.2, 0) is 6.42 Å². The number of hydrogen-bond acceptors (Lipinski definition) is 2. The molecule has 1 aromatic rings. The zero-order valence-corrected chi connectivity index (χ0v) is 11.6. The molecule has 2 nitrogen and oxygen atoms in total. The highest BCUT2D eigenvalue weighted by molar-refractivity contribution is 5.30. The normalized spacial score (nSPS) is 22.6. The van der Waals surface area contributed by atoms with Gasteiger partial charge in [-0.05, 0) is 48.9 Å². The highest BCUT2D eigenvalue weighted by Gasteiger charge is 2.49. The second-order valence-electron chi connectivity index (χ2n) is 5.87. The van der Waals surface area contributed by atoms with Gasteiger partial charge in [-0.15, -0.1) is 0 Å². The summed E-state index contributed by atoms with van der Waals surface area (Å²) >= 11 is 0. The van der Waals surface area contributed by atoms with Crippen LogP contribution in [0.5, 0.6) is 5.75 Å². The van der Waals surface area contributed by atoms with E-state index in [4.69, 9.17) is 4.74 Å². The van der Waals surface area contributed by atoms with E-state index in [9.17, 15) is 4.39 Å². The highest BCUT2D eigenvalue weighted by atomic mass is 19.1. The van der Waals surface area contributed by atoms with Crippen molar-refractivity contribution in [2.24, 2.45) is 11.3 Å². The molecule has 1 aliphatic rings. The Hall–Kier alpha value is -1.09. The number of nitrogens with one attached hydrogen (secondary N) is 1. The third-order valence-corrected chi connectivity index (χ3v) is 4.12. The first-order chi connectivity index (χ1) is 8.47. The predicted molar refractivity (Wildman–Crippen MR) is 71.4 cm³/mol. The first-order valence-corrected chi connectivity index (χ1v) is 6.47. The molecule has 1 aliphatic carbocycles. The van der Waals surface area contributed by atoms with Crippen LogP contribution in [0.2, 0.25) is 0 Å². The number of hydrogen-bond donors (Lipinski definition) is 1. The average molecular weight is 251 g/mol. The summed E-state index contributed by atoms with van der Waals surface area (Å²) in [7, 11) is 3.47. The van der Waals surface area contributed by atoms with Crippen molar-refractivity contribution in [3.63, 3.8) is 0 Å². The molecule has 0 aliphatic heterocycles. The zero-order chi connectivity index (χ0) is 13.3. The lowest BCUT2D eigenvalue weighted by Crippen LogP contribution is -2.31. The van der Waals surface area contributed by atoms with Crippen molar-refractivity contribution in [2.45, 2.75) is 32.7 Å². The van der Waals surface area contributed by atoms with Gasteiger partial charge < -0.3 is 10.1 Å². The van der Waals surface area contributed by atoms with Crippen molar-refractivity contribution in [3.05, 3.63) is 29.6 Å². The van der Waals surface area contributed by atoms with Crippen molar-refractivity contribution in [1.29, 1.82) is 0 Å². The van der Waals surface area contributed by atoms with Gasteiger partial charge in [0.25, 0.3) is 0 Å². The molecule has 0 amide bonds. The van der Waals surface area contributed by atoms with Crippen molar-refractivity contribution in [3.8, 4) is 5.75 Å². The Morgan fingerprint density at radius 2 is 2.17 bits per heavy atom. The molecule has 1 N–H and O–H groups in total. The molecule has 1 fully saturated rings. The predicted octanol–water partition coefficient (Wildman–Crippen LogP) is 3.01. The molecular formula is C15H22FNO. The van der Waals surface area contributed by atoms with Crippen LogP contribution >= 0.6 is 0 Å². The molecular weight excluding hydrogens is 229 g/mol. The highest BCUT2D eigenvalue weighted by Crippen LogP contribution is 2.53. The summed E-state index contributed by atoms with van der Waals surface area (Å²) in [6.07, 6.45) is 2.11. The molecule has 2 unspecified atom stereocenters. The van der Waals surface area contributed by atoms with Gasteiger partial charge >= 0.3 is 0 Å². The van der Waals surface area contributed by atoms with E-state index in [0.717, 1.165) is 12.0 Å². The van der Waals surface area contributed by atoms with Crippen molar-refractivity contribution < 1.29 is 9.13 Å². The summed E-state index contributed by atoms with van der Waals surface area (Å²) in [6.45, 7) is 4.58. The Labute approximate surface area is 109 Å². The van der Waals surface area contributed by atoms with E-state index in [1.807, 2.05) is 13.1 Å². The van der Waals surface area contributed by atoms with E-state index in [1.54, 1.807) is 12.1 Å². The fourth-order valence-electron chi connectivity index (χ4n) is 2.73. The van der Waals surface area contributed by atoms with Crippen molar-refractivity contribution >= 4 is 0 Å². The lowest BCUT2D eigenvalue weighted by molar-refractivity contribution is 0.385. The van der Waals surface area contributed by atoms with E-state index in [1.165, 1.54) is 13.5 Å². The largest absolute Gasteiger partial charge is 0.494 e. The molecule has 1 saturated carbocycles. The fourth-order valence-corrected chi connectivity index (χ4v) is 2.73. The molecule has 0 radical (unpaired) electrons. The lowest BCUT2D eigenvalue weighted by atomic mass is 9.97. The van der Waals surface area contributed by atoms with Crippen LogP contribution in [-0.4, -0.2) is 20.2 Å². The summed E-state index contributed by atoms with van der Waals surface area (Å²) in [5.41, 5.74) is 1.45. The van der Waals surface area contributed by atoms with Crippen molar-refractivity contribution in [1.82, 2.24) is 5.32 Å². The van der Waals surface area contributed by atoms with Gasteiger partial charge in [0, 0.05) is 6.04 Å². The van der Waals surface area contributed by atoms with Crippen LogP contribution in [0.25, 0.3) is 0 Å². The summed E-state index contributed by atoms with van der Waals surface area (Å²) in [6, 6.07) is 5.66. The summed E-state index contributed by atoms with van der Waals surface area (Å²) in [5.74, 6) is 0.721. The third kappa shape index (κ3) is 2.66. The molecule has 0 saturated heterocycles. The molecule has 2 atom stereocenters. The minimum Gasteiger partial charge on any atom is -0.494 e. The minimum absolute atomic E-state index is 0.278. The van der Waals surface area contributed by atoms with Crippen LogP contribution in [0.4, 0.5) is 4.39 Å². The monoisotopic (exact) mass is 251 g/mol. The number of methoxy groups -OCH3 is 1. The standard InChI is InChI=1S/C15H22FNO/c1-15(2)9-11(15)13(17-3)8-10-5-6-14(18-4)12(16)7-10/h5-7,11,13,17H,8-9H2,1-4H3. The second kappa shape index (κ2) is 4.88. The molecule has 2 rings (SSSR count). The second-order valence-corrected chi connectivity index (χ2v) is 5.87. The maximum atomic E-state index is 13.6. The Morgan fingerprint density at radius 1 is 1.50 bits per heavy atom. The number of likely N-dealkylation sites (N-methyl/N-ethyl adjacent to an activating group) is 1. The molecule has 0 aromatic heterocycles. The summed E-state index contributed by atoms with van der Waals surface area (Å²) in [5, 5.41) is 3.36. The molecule has 18 heavy (non-hydrogen) atoms. The van der Waals surface area contributed by atoms with E-state index in [0.29, 0.717) is 23.1 Å². The Morgan fingerprint density at radius 3 is 2.61 bits per heavy atom. The molecule has 0 spiro atoms. The SMILES string of the molecule is CNC(Cc1ccc(OC)c(F)c1)C1CC1(C)C. The maximum Gasteiger partial charge on any atom is 0.165 e. The van der Waals surface area contributed by atoms with E-state index < -0.39 is 0 Å². The molecule has 0 bridgehead atoms. The summed E-state index contributed by atoms with van der Waals surface area (Å²) < 4.78 is 18.6. The molecule has 0 heterocycles. The average Bonchev–Trinajstić information content (AvgIpc) is 2.95. The van der Waals surface area contributed by atoms with E-state index >= 15 is 0 Å². The van der Waals surface area contributed by atoms with Crippen LogP contribution in [0, 0.1) is 17.2 Å². The van der Waals surface area contributed by atoms with Crippen LogP contribution < -0.4 is 10.1 Å². The Bertz CT molecular complexity index is 431. The van der Waals surface area contributed by atoms with Crippen LogP contribution in [0.3, 0.4) is 0 Å². The first kappa shape index (κ1) is 13.3. The Kier molecular flexibility index (Phi) is 3.62. The van der Waals surface area contributed by atoms with Gasteiger partial charge in [0.1, 0.15) is 0 Å². The molecule has 100 valence electrons. The van der Waals surface area contributed by atoms with Gasteiger partial charge in [-0.1, -0.05) is 19.9 Å². The minimum atomic E-state index is -0.278. The number of rotatable bonds is 5. The maximum absolute atomic E-state index is 13.6. The number of ether oxygens (including phenoxy) is 1. The van der Waals surface area contributed by atoms with Crippen LogP contribution in [0.15, 0.2) is 18.2 Å². The number of halogens is 1. The Balaban J connectivity index is 2.06. The van der Waals surface area contributed by atoms with Gasteiger partial charge in [-0.3, -0.25) is 0 Å². The fraction of sp³-hybridized carbons (Fsp3) is 0.600. The van der Waals surface area contributed by atoms with Gasteiger partial charge in [0.2, 0.25) is 0 Å². The lowest BCUT2D eigenvalue weighted by Gasteiger charge is -2.18. The van der Waals surface area contributed by atoms with Crippen molar-refractivity contribution in [2.75, 3.05) is 14.2 Å². The topological polar surface area (TPSA) is 21.3 Å². The molecule has 3 heteroatoms. The van der Waals surface area contributed by atoms with Gasteiger partial charge in [0.15, 0.2) is 11.6 Å². The third-order valence-electron chi connectivity index (χ3n) is 4.12. The smallest absolute Gasteiger partial charge is 0.165 e. The van der Waals surface area contributed by atoms with Gasteiger partial charge in [-0.2, -0.15) is 0 Å². The van der Waals surface area contributed by atoms with Gasteiger partial charge in [0.05, 0.1) is 7.11 Å². The summed E-state index contributed by atoms with van der Waals surface area (Å²) in [4.78, 5) is 0. The zero-order valence-electron chi connectivity index (χ0n) is 11.6. The van der Waals surface area contributed by atoms with Gasteiger partial charge in [-0.25, -0.2) is 4.39 Å². The first-order valence-electron chi connectivity index (χ1n) is 6.47.